The smallest absolute Gasteiger partial charge is 0.416 e. The van der Waals surface area contributed by atoms with Crippen LogP contribution in [0.15, 0.2) is 52.6 Å². The summed E-state index contributed by atoms with van der Waals surface area (Å²) in [7, 11) is 3.61. The van der Waals surface area contributed by atoms with Crippen molar-refractivity contribution in [3.8, 4) is 0 Å². The first-order valence-electron chi connectivity index (χ1n) is 9.28. The number of benzene rings is 1. The van der Waals surface area contributed by atoms with Crippen molar-refractivity contribution < 1.29 is 22.7 Å². The molecule has 1 aromatic heterocycles. The van der Waals surface area contributed by atoms with E-state index in [1.54, 1.807) is 27.1 Å². The molecule has 0 bridgehead atoms. The van der Waals surface area contributed by atoms with E-state index in [1.165, 1.54) is 24.4 Å². The average molecular weight is 421 g/mol. The lowest BCUT2D eigenvalue weighted by molar-refractivity contribution is -0.141. The topological polar surface area (TPSA) is 74.4 Å². The van der Waals surface area contributed by atoms with Crippen LogP contribution in [0, 0.1) is 0 Å². The third-order valence-electron chi connectivity index (χ3n) is 4.87. The molecule has 1 aliphatic rings. The van der Waals surface area contributed by atoms with Crippen LogP contribution in [0.3, 0.4) is 0 Å². The Morgan fingerprint density at radius 1 is 1.20 bits per heavy atom. The molecule has 30 heavy (non-hydrogen) atoms. The van der Waals surface area contributed by atoms with Crippen molar-refractivity contribution in [3.05, 3.63) is 74.8 Å². The summed E-state index contributed by atoms with van der Waals surface area (Å²) in [4.78, 5) is 29.9. The summed E-state index contributed by atoms with van der Waals surface area (Å²) >= 11 is 0. The Bertz CT molecular complexity index is 1040. The zero-order valence-electron chi connectivity index (χ0n) is 16.8. The number of pyridine rings is 1. The Hall–Kier alpha value is -3.07. The highest BCUT2D eigenvalue weighted by Gasteiger charge is 2.41. The number of halogens is 3. The number of rotatable bonds is 5. The summed E-state index contributed by atoms with van der Waals surface area (Å²) in [5, 5.41) is 2.96. The third kappa shape index (κ3) is 4.25. The maximum absolute atomic E-state index is 13.8. The fraction of sp³-hybridized carbons (Fsp3) is 0.333. The molecule has 0 saturated heterocycles. The number of aromatic amines is 1. The Kier molecular flexibility index (Phi) is 6.02. The average Bonchev–Trinajstić information content (AvgIpc) is 2.66. The maximum atomic E-state index is 13.8. The van der Waals surface area contributed by atoms with Gasteiger partial charge < -0.3 is 19.9 Å². The van der Waals surface area contributed by atoms with Crippen LogP contribution in [-0.2, 0) is 15.7 Å². The van der Waals surface area contributed by atoms with Gasteiger partial charge in [0, 0.05) is 24.1 Å². The van der Waals surface area contributed by atoms with Gasteiger partial charge in [-0.1, -0.05) is 18.2 Å². The predicted molar refractivity (Wildman–Crippen MR) is 106 cm³/mol. The number of hydrogen-bond acceptors (Lipinski definition) is 5. The van der Waals surface area contributed by atoms with Crippen LogP contribution in [0.4, 0.5) is 18.9 Å². The van der Waals surface area contributed by atoms with Crippen molar-refractivity contribution in [2.45, 2.75) is 19.0 Å². The van der Waals surface area contributed by atoms with E-state index in [0.29, 0.717) is 17.9 Å². The Morgan fingerprint density at radius 3 is 2.57 bits per heavy atom. The number of carbonyl (C=O) groups is 1. The number of hydrogen-bond donors (Lipinski definition) is 2. The highest BCUT2D eigenvalue weighted by molar-refractivity contribution is 5.94. The number of anilines is 1. The largest absolute Gasteiger partial charge is 0.461 e. The molecule has 0 aliphatic carbocycles. The summed E-state index contributed by atoms with van der Waals surface area (Å²) in [6.45, 7) is 2.09. The van der Waals surface area contributed by atoms with Gasteiger partial charge in [0.25, 0.3) is 5.56 Å². The second-order valence-corrected chi connectivity index (χ2v) is 7.26. The fourth-order valence-electron chi connectivity index (χ4n) is 3.50. The SMILES string of the molecule is CC1=C(C(=O)OCCN(C)C)C(c2ccccc2C(F)(F)F)c2c(cc[nH]c2=O)N1. The minimum atomic E-state index is -4.66. The molecule has 0 saturated carbocycles. The molecule has 0 radical (unpaired) electrons. The first kappa shape index (κ1) is 21.6. The van der Waals surface area contributed by atoms with E-state index in [9.17, 15) is 22.8 Å². The van der Waals surface area contributed by atoms with Crippen molar-refractivity contribution in [2.24, 2.45) is 0 Å². The number of nitrogens with zero attached hydrogens (tertiary/aromatic N) is 1. The molecule has 160 valence electrons. The molecule has 1 unspecified atom stereocenters. The van der Waals surface area contributed by atoms with Gasteiger partial charge in [-0.2, -0.15) is 13.2 Å². The molecule has 1 atom stereocenters. The summed E-state index contributed by atoms with van der Waals surface area (Å²) in [5.41, 5.74) is -0.948. The van der Waals surface area contributed by atoms with Gasteiger partial charge in [0.1, 0.15) is 6.61 Å². The fourth-order valence-corrected chi connectivity index (χ4v) is 3.50. The molecular formula is C21H22F3N3O3. The van der Waals surface area contributed by atoms with Gasteiger partial charge in [-0.15, -0.1) is 0 Å². The van der Waals surface area contributed by atoms with E-state index >= 15 is 0 Å². The van der Waals surface area contributed by atoms with Crippen LogP contribution in [0.1, 0.15) is 29.5 Å². The minimum absolute atomic E-state index is 0.0188. The number of allylic oxidation sites excluding steroid dienone is 1. The molecule has 2 heterocycles. The molecule has 0 fully saturated rings. The van der Waals surface area contributed by atoms with E-state index in [-0.39, 0.29) is 23.3 Å². The molecule has 2 aromatic rings. The van der Waals surface area contributed by atoms with Gasteiger partial charge >= 0.3 is 12.1 Å². The summed E-state index contributed by atoms with van der Waals surface area (Å²) in [6, 6.07) is 6.51. The molecule has 0 spiro atoms. The number of H-pyrrole nitrogens is 1. The van der Waals surface area contributed by atoms with E-state index < -0.39 is 29.2 Å². The quantitative estimate of drug-likeness (QED) is 0.725. The molecule has 9 heteroatoms. The van der Waals surface area contributed by atoms with Crippen molar-refractivity contribution in [2.75, 3.05) is 32.6 Å². The number of esters is 1. The maximum Gasteiger partial charge on any atom is 0.416 e. The summed E-state index contributed by atoms with van der Waals surface area (Å²) in [6.07, 6.45) is -3.26. The van der Waals surface area contributed by atoms with E-state index in [0.717, 1.165) is 6.07 Å². The van der Waals surface area contributed by atoms with Gasteiger partial charge in [0.15, 0.2) is 0 Å². The van der Waals surface area contributed by atoms with Crippen LogP contribution >= 0.6 is 0 Å². The van der Waals surface area contributed by atoms with E-state index in [2.05, 4.69) is 10.3 Å². The third-order valence-corrected chi connectivity index (χ3v) is 4.87. The Balaban J connectivity index is 2.18. The molecule has 0 amide bonds. The number of carbonyl (C=O) groups excluding carboxylic acids is 1. The summed E-state index contributed by atoms with van der Waals surface area (Å²) < 4.78 is 46.6. The van der Waals surface area contributed by atoms with Crippen molar-refractivity contribution in [1.29, 1.82) is 0 Å². The van der Waals surface area contributed by atoms with Crippen LogP contribution < -0.4 is 10.9 Å². The molecule has 2 N–H and O–H groups in total. The van der Waals surface area contributed by atoms with Crippen LogP contribution in [-0.4, -0.2) is 43.1 Å². The molecule has 3 rings (SSSR count). The molecule has 1 aliphatic heterocycles. The number of likely N-dealkylation sites (N-methyl/N-ethyl adjacent to an activating group) is 1. The number of nitrogens with one attached hydrogen (secondary N) is 2. The lowest BCUT2D eigenvalue weighted by Crippen LogP contribution is -2.31. The number of alkyl halides is 3. The van der Waals surface area contributed by atoms with Crippen LogP contribution in [0.2, 0.25) is 0 Å². The Morgan fingerprint density at radius 2 is 1.90 bits per heavy atom. The number of fused-ring (bicyclic) bond motifs is 1. The molecule has 1 aromatic carbocycles. The van der Waals surface area contributed by atoms with Gasteiger partial charge in [0.2, 0.25) is 0 Å². The first-order chi connectivity index (χ1) is 14.1. The lowest BCUT2D eigenvalue weighted by atomic mass is 9.79. The van der Waals surface area contributed by atoms with Crippen molar-refractivity contribution in [3.63, 3.8) is 0 Å². The predicted octanol–water partition coefficient (Wildman–Crippen LogP) is 3.33. The van der Waals surface area contributed by atoms with Gasteiger partial charge in [-0.05, 0) is 38.7 Å². The highest BCUT2D eigenvalue weighted by atomic mass is 19.4. The Labute approximate surface area is 171 Å². The van der Waals surface area contributed by atoms with Crippen LogP contribution in [0.25, 0.3) is 0 Å². The van der Waals surface area contributed by atoms with Gasteiger partial charge in [-0.25, -0.2) is 4.79 Å². The zero-order chi connectivity index (χ0) is 22.1. The van der Waals surface area contributed by atoms with Crippen LogP contribution in [0.5, 0.6) is 0 Å². The van der Waals surface area contributed by atoms with Crippen molar-refractivity contribution >= 4 is 11.7 Å². The van der Waals surface area contributed by atoms with E-state index in [1.807, 2.05) is 4.90 Å². The van der Waals surface area contributed by atoms with E-state index in [4.69, 9.17) is 4.74 Å². The number of aromatic nitrogens is 1. The second kappa shape index (κ2) is 8.35. The van der Waals surface area contributed by atoms with Crippen molar-refractivity contribution in [1.82, 2.24) is 9.88 Å². The first-order valence-corrected chi connectivity index (χ1v) is 9.28. The summed E-state index contributed by atoms with van der Waals surface area (Å²) in [5.74, 6) is -1.99. The normalized spacial score (nSPS) is 16.3. The second-order valence-electron chi connectivity index (χ2n) is 7.26. The number of ether oxygens (including phenoxy) is 1. The standard InChI is InChI=1S/C21H22F3N3O3/c1-12-16(20(29)30-11-10-27(2)3)17(18-15(26-12)8-9-25-19(18)28)13-6-4-5-7-14(13)21(22,23)24/h4-9,17,26H,10-11H2,1-3H3,(H,25,28). The van der Waals surface area contributed by atoms with Gasteiger partial charge in [0.05, 0.1) is 22.6 Å². The highest BCUT2D eigenvalue weighted by Crippen LogP contribution is 2.44. The minimum Gasteiger partial charge on any atom is -0.461 e. The molecular weight excluding hydrogens is 399 g/mol. The molecule has 6 nitrogen and oxygen atoms in total. The zero-order valence-corrected chi connectivity index (χ0v) is 16.8. The van der Waals surface area contributed by atoms with Gasteiger partial charge in [-0.3, -0.25) is 4.79 Å². The monoisotopic (exact) mass is 421 g/mol. The lowest BCUT2D eigenvalue weighted by Gasteiger charge is -2.30.